The van der Waals surface area contributed by atoms with E-state index in [2.05, 4.69) is 16.7 Å². The van der Waals surface area contributed by atoms with Crippen molar-refractivity contribution in [3.05, 3.63) is 53.1 Å². The van der Waals surface area contributed by atoms with Crippen molar-refractivity contribution in [2.45, 2.75) is 46.0 Å². The van der Waals surface area contributed by atoms with E-state index in [9.17, 15) is 14.4 Å². The third-order valence-corrected chi connectivity index (χ3v) is 4.38. The Labute approximate surface area is 154 Å². The molecule has 2 N–H and O–H groups in total. The molecule has 0 unspecified atom stereocenters. The molecule has 0 bridgehead atoms. The summed E-state index contributed by atoms with van der Waals surface area (Å²) in [6.07, 6.45) is 9.16. The second-order valence-corrected chi connectivity index (χ2v) is 6.56. The van der Waals surface area contributed by atoms with Gasteiger partial charge in [-0.3, -0.25) is 14.4 Å². The smallest absolute Gasteiger partial charge is 0.248 e. The molecule has 2 amide bonds. The van der Waals surface area contributed by atoms with Gasteiger partial charge in [0, 0.05) is 29.4 Å². The molecule has 5 nitrogen and oxygen atoms in total. The molecular weight excluding hydrogens is 328 g/mol. The van der Waals surface area contributed by atoms with Gasteiger partial charge in [-0.25, -0.2) is 0 Å². The first kappa shape index (κ1) is 19.6. The molecule has 0 aliphatic heterocycles. The molecule has 0 aromatic heterocycles. The Morgan fingerprint density at radius 3 is 2.42 bits per heavy atom. The van der Waals surface area contributed by atoms with Crippen molar-refractivity contribution < 1.29 is 14.4 Å². The van der Waals surface area contributed by atoms with Gasteiger partial charge in [-0.1, -0.05) is 11.6 Å². The minimum atomic E-state index is -0.372. The molecule has 0 atom stereocenters. The van der Waals surface area contributed by atoms with E-state index in [4.69, 9.17) is 0 Å². The van der Waals surface area contributed by atoms with Gasteiger partial charge in [-0.2, -0.15) is 0 Å². The molecule has 2 rings (SSSR count). The van der Waals surface area contributed by atoms with Gasteiger partial charge in [0.1, 0.15) is 0 Å². The zero-order valence-corrected chi connectivity index (χ0v) is 15.4. The van der Waals surface area contributed by atoms with Crippen molar-refractivity contribution in [2.24, 2.45) is 0 Å². The molecule has 1 aliphatic rings. The molecule has 1 aliphatic carbocycles. The van der Waals surface area contributed by atoms with Crippen LogP contribution in [0.2, 0.25) is 0 Å². The predicted octanol–water partition coefficient (Wildman–Crippen LogP) is 3.78. The lowest BCUT2D eigenvalue weighted by molar-refractivity contribution is -0.118. The first-order valence-corrected chi connectivity index (χ1v) is 9.02. The fraction of sp³-hybridized carbons (Fsp3) is 0.381. The minimum Gasteiger partial charge on any atom is -0.352 e. The summed E-state index contributed by atoms with van der Waals surface area (Å²) in [6, 6.07) is 6.63. The number of anilines is 1. The van der Waals surface area contributed by atoms with Gasteiger partial charge < -0.3 is 10.6 Å². The SMILES string of the molecule is CC(=O)c1ccc(NC(=O)/C=C(\C)C(=O)NCCC2=CCCCC2)cc1. The maximum absolute atomic E-state index is 12.1. The monoisotopic (exact) mass is 354 g/mol. The van der Waals surface area contributed by atoms with E-state index in [0.717, 1.165) is 19.3 Å². The molecule has 0 saturated heterocycles. The van der Waals surface area contributed by atoms with E-state index in [-0.39, 0.29) is 17.6 Å². The molecule has 0 radical (unpaired) electrons. The second-order valence-electron chi connectivity index (χ2n) is 6.56. The summed E-state index contributed by atoms with van der Waals surface area (Å²) in [7, 11) is 0. The number of amides is 2. The summed E-state index contributed by atoms with van der Waals surface area (Å²) in [5.74, 6) is -0.633. The molecule has 5 heteroatoms. The standard InChI is InChI=1S/C21H26N2O3/c1-15(21(26)22-13-12-17-6-4-3-5-7-17)14-20(25)23-19-10-8-18(9-11-19)16(2)24/h6,8-11,14H,3-5,7,12-13H2,1-2H3,(H,22,26)(H,23,25)/b15-14+. The van der Waals surface area contributed by atoms with Crippen LogP contribution in [0.5, 0.6) is 0 Å². The van der Waals surface area contributed by atoms with Crippen LogP contribution in [0, 0.1) is 0 Å². The average Bonchev–Trinajstić information content (AvgIpc) is 2.62. The van der Waals surface area contributed by atoms with Gasteiger partial charge in [0.05, 0.1) is 0 Å². The van der Waals surface area contributed by atoms with E-state index in [1.165, 1.54) is 31.4 Å². The number of hydrogen-bond donors (Lipinski definition) is 2. The van der Waals surface area contributed by atoms with Gasteiger partial charge in [0.25, 0.3) is 0 Å². The quantitative estimate of drug-likeness (QED) is 0.444. The van der Waals surface area contributed by atoms with E-state index in [1.54, 1.807) is 31.2 Å². The molecule has 1 aromatic rings. The number of Topliss-reactive ketones (excluding diaryl/α,β-unsaturated/α-hetero) is 1. The van der Waals surface area contributed by atoms with Gasteiger partial charge in [-0.05, 0) is 70.2 Å². The van der Waals surface area contributed by atoms with Crippen molar-refractivity contribution in [1.29, 1.82) is 0 Å². The zero-order valence-electron chi connectivity index (χ0n) is 15.4. The lowest BCUT2D eigenvalue weighted by Gasteiger charge is -2.13. The number of carbonyl (C=O) groups excluding carboxylic acids is 3. The number of allylic oxidation sites excluding steroid dienone is 1. The average molecular weight is 354 g/mol. The van der Waals surface area contributed by atoms with Crippen molar-refractivity contribution >= 4 is 23.3 Å². The highest BCUT2D eigenvalue weighted by molar-refractivity contribution is 6.06. The van der Waals surface area contributed by atoms with Crippen molar-refractivity contribution in [2.75, 3.05) is 11.9 Å². The third-order valence-electron chi connectivity index (χ3n) is 4.38. The first-order valence-electron chi connectivity index (χ1n) is 9.02. The Bertz CT molecular complexity index is 730. The normalized spacial score (nSPS) is 14.4. The van der Waals surface area contributed by atoms with Crippen molar-refractivity contribution in [1.82, 2.24) is 5.32 Å². The van der Waals surface area contributed by atoms with Crippen LogP contribution in [-0.4, -0.2) is 24.1 Å². The molecule has 0 saturated carbocycles. The van der Waals surface area contributed by atoms with Gasteiger partial charge in [-0.15, -0.1) is 0 Å². The molecule has 0 heterocycles. The van der Waals surface area contributed by atoms with Gasteiger partial charge in [0.2, 0.25) is 11.8 Å². The van der Waals surface area contributed by atoms with Crippen LogP contribution in [0.15, 0.2) is 47.6 Å². The summed E-state index contributed by atoms with van der Waals surface area (Å²) in [6.45, 7) is 3.70. The molecule has 0 spiro atoms. The molecule has 26 heavy (non-hydrogen) atoms. The van der Waals surface area contributed by atoms with Crippen LogP contribution < -0.4 is 10.6 Å². The number of benzene rings is 1. The number of hydrogen-bond acceptors (Lipinski definition) is 3. The first-order chi connectivity index (χ1) is 12.5. The van der Waals surface area contributed by atoms with Crippen LogP contribution in [0.1, 0.15) is 56.3 Å². The lowest BCUT2D eigenvalue weighted by atomic mass is 9.97. The maximum atomic E-state index is 12.1. The van der Waals surface area contributed by atoms with Crippen LogP contribution in [0.25, 0.3) is 0 Å². The Hall–Kier alpha value is -2.69. The van der Waals surface area contributed by atoms with Gasteiger partial charge >= 0.3 is 0 Å². The Kier molecular flexibility index (Phi) is 7.33. The Morgan fingerprint density at radius 2 is 1.81 bits per heavy atom. The number of carbonyl (C=O) groups is 3. The highest BCUT2D eigenvalue weighted by Gasteiger charge is 2.08. The van der Waals surface area contributed by atoms with Crippen LogP contribution in [0.3, 0.4) is 0 Å². The summed E-state index contributed by atoms with van der Waals surface area (Å²) in [4.78, 5) is 35.3. The molecule has 1 aromatic carbocycles. The molecule has 138 valence electrons. The summed E-state index contributed by atoms with van der Waals surface area (Å²) >= 11 is 0. The van der Waals surface area contributed by atoms with Crippen LogP contribution >= 0.6 is 0 Å². The number of rotatable bonds is 7. The van der Waals surface area contributed by atoms with Crippen LogP contribution in [-0.2, 0) is 9.59 Å². The zero-order chi connectivity index (χ0) is 18.9. The predicted molar refractivity (Wildman–Crippen MR) is 103 cm³/mol. The minimum absolute atomic E-state index is 0.0284. The summed E-state index contributed by atoms with van der Waals surface area (Å²) in [5, 5.41) is 5.54. The van der Waals surface area contributed by atoms with E-state index >= 15 is 0 Å². The Balaban J connectivity index is 1.80. The fourth-order valence-corrected chi connectivity index (χ4v) is 2.84. The summed E-state index contributed by atoms with van der Waals surface area (Å²) in [5.41, 5.74) is 2.93. The molecular formula is C21H26N2O3. The number of nitrogens with one attached hydrogen (secondary N) is 2. The van der Waals surface area contributed by atoms with E-state index in [1.807, 2.05) is 0 Å². The topological polar surface area (TPSA) is 75.3 Å². The second kappa shape index (κ2) is 9.70. The third kappa shape index (κ3) is 6.31. The van der Waals surface area contributed by atoms with E-state index in [0.29, 0.717) is 23.4 Å². The highest BCUT2D eigenvalue weighted by atomic mass is 16.2. The Morgan fingerprint density at radius 1 is 1.08 bits per heavy atom. The largest absolute Gasteiger partial charge is 0.352 e. The van der Waals surface area contributed by atoms with Gasteiger partial charge in [0.15, 0.2) is 5.78 Å². The number of ketones is 1. The molecule has 0 fully saturated rings. The fourth-order valence-electron chi connectivity index (χ4n) is 2.84. The van der Waals surface area contributed by atoms with Crippen molar-refractivity contribution in [3.63, 3.8) is 0 Å². The summed E-state index contributed by atoms with van der Waals surface area (Å²) < 4.78 is 0. The van der Waals surface area contributed by atoms with Crippen LogP contribution in [0.4, 0.5) is 5.69 Å². The van der Waals surface area contributed by atoms with Crippen molar-refractivity contribution in [3.8, 4) is 0 Å². The maximum Gasteiger partial charge on any atom is 0.248 e. The van der Waals surface area contributed by atoms with E-state index < -0.39 is 0 Å². The lowest BCUT2D eigenvalue weighted by Crippen LogP contribution is -2.26. The highest BCUT2D eigenvalue weighted by Crippen LogP contribution is 2.19.